The molecule has 0 saturated heterocycles. The van der Waals surface area contributed by atoms with Crippen molar-refractivity contribution in [2.24, 2.45) is 11.8 Å². The minimum Gasteiger partial charge on any atom is -0.298 e. The Kier molecular flexibility index (Phi) is 9.34. The molecule has 0 aromatic heterocycles. The molecule has 164 valence electrons. The van der Waals surface area contributed by atoms with Crippen LogP contribution in [-0.2, 0) is 4.79 Å². The van der Waals surface area contributed by atoms with Crippen molar-refractivity contribution in [1.82, 2.24) is 0 Å². The number of ketones is 1. The Morgan fingerprint density at radius 1 is 0.677 bits per heavy atom. The van der Waals surface area contributed by atoms with E-state index in [9.17, 15) is 4.79 Å². The van der Waals surface area contributed by atoms with Crippen LogP contribution in [0.25, 0.3) is 12.2 Å². The van der Waals surface area contributed by atoms with Crippen LogP contribution in [0, 0.1) is 11.8 Å². The molecular formula is C30H38O. The van der Waals surface area contributed by atoms with Gasteiger partial charge in [-0.1, -0.05) is 136 Å². The van der Waals surface area contributed by atoms with E-state index >= 15 is 0 Å². The topological polar surface area (TPSA) is 17.1 Å². The molecule has 0 bridgehead atoms. The number of allylic oxidation sites excluding steroid dienone is 2. The first-order chi connectivity index (χ1) is 15.2. The third-order valence-electron chi connectivity index (χ3n) is 6.49. The van der Waals surface area contributed by atoms with Crippen molar-refractivity contribution in [3.63, 3.8) is 0 Å². The Morgan fingerprint density at radius 3 is 1.48 bits per heavy atom. The van der Waals surface area contributed by atoms with Crippen LogP contribution in [0.2, 0.25) is 0 Å². The maximum atomic E-state index is 13.8. The summed E-state index contributed by atoms with van der Waals surface area (Å²) in [4.78, 5) is 13.8. The molecule has 0 amide bonds. The predicted molar refractivity (Wildman–Crippen MR) is 134 cm³/mol. The molecule has 31 heavy (non-hydrogen) atoms. The Balaban J connectivity index is 1.96. The lowest BCUT2D eigenvalue weighted by molar-refractivity contribution is -0.125. The summed E-state index contributed by atoms with van der Waals surface area (Å²) in [6.07, 6.45) is 14.5. The summed E-state index contributed by atoms with van der Waals surface area (Å²) in [7, 11) is 0. The molecule has 2 unspecified atom stereocenters. The van der Waals surface area contributed by atoms with Gasteiger partial charge in [0.2, 0.25) is 0 Å². The second kappa shape index (κ2) is 12.4. The summed E-state index contributed by atoms with van der Waals surface area (Å²) in [6.45, 7) is 4.47. The maximum Gasteiger partial charge on any atom is 0.147 e. The van der Waals surface area contributed by atoms with Gasteiger partial charge in [0.25, 0.3) is 0 Å². The number of benzene rings is 2. The van der Waals surface area contributed by atoms with E-state index in [1.54, 1.807) is 0 Å². The first-order valence-corrected chi connectivity index (χ1v) is 12.3. The van der Waals surface area contributed by atoms with E-state index in [-0.39, 0.29) is 11.8 Å². The zero-order chi connectivity index (χ0) is 21.9. The number of carbonyl (C=O) groups is 1. The molecule has 2 atom stereocenters. The summed E-state index contributed by atoms with van der Waals surface area (Å²) in [5, 5.41) is 0. The standard InChI is InChI=1S/C30H38O/c1-3-5-9-19-28-26(21-24-15-11-7-12-16-24)23-27(22-25-17-13-8-14-18-25)29(30(28)31)20-10-6-4-2/h7-8,11-18,21-22,28-29H,3-6,9-10,19-20,23H2,1-2H3/b26-21-,27-22+. The Bertz CT molecular complexity index is 788. The van der Waals surface area contributed by atoms with Crippen molar-refractivity contribution < 1.29 is 4.79 Å². The van der Waals surface area contributed by atoms with Gasteiger partial charge >= 0.3 is 0 Å². The largest absolute Gasteiger partial charge is 0.298 e. The van der Waals surface area contributed by atoms with E-state index in [1.807, 2.05) is 0 Å². The Morgan fingerprint density at radius 2 is 1.10 bits per heavy atom. The highest BCUT2D eigenvalue weighted by Gasteiger charge is 2.36. The predicted octanol–water partition coefficient (Wildman–Crippen LogP) is 8.52. The molecule has 2 aromatic rings. The molecular weight excluding hydrogens is 376 g/mol. The van der Waals surface area contributed by atoms with Gasteiger partial charge < -0.3 is 0 Å². The van der Waals surface area contributed by atoms with E-state index in [4.69, 9.17) is 0 Å². The number of hydrogen-bond acceptors (Lipinski definition) is 1. The van der Waals surface area contributed by atoms with E-state index in [2.05, 4.69) is 86.7 Å². The molecule has 1 aliphatic carbocycles. The lowest BCUT2D eigenvalue weighted by Crippen LogP contribution is -2.32. The quantitative estimate of drug-likeness (QED) is 0.356. The number of Topliss-reactive ketones (excluding diaryl/α,β-unsaturated/α-hetero) is 1. The van der Waals surface area contributed by atoms with Crippen LogP contribution in [0.1, 0.15) is 82.8 Å². The molecule has 1 fully saturated rings. The second-order valence-corrected chi connectivity index (χ2v) is 8.94. The summed E-state index contributed by atoms with van der Waals surface area (Å²) in [5.41, 5.74) is 5.02. The molecule has 1 aliphatic rings. The maximum absolute atomic E-state index is 13.8. The van der Waals surface area contributed by atoms with Crippen LogP contribution in [0.3, 0.4) is 0 Å². The molecule has 0 N–H and O–H groups in total. The van der Waals surface area contributed by atoms with Crippen molar-refractivity contribution in [2.75, 3.05) is 0 Å². The van der Waals surface area contributed by atoms with Gasteiger partial charge in [-0.05, 0) is 30.4 Å². The zero-order valence-electron chi connectivity index (χ0n) is 19.4. The molecule has 2 aromatic carbocycles. The zero-order valence-corrected chi connectivity index (χ0v) is 19.4. The number of rotatable bonds is 10. The number of unbranched alkanes of at least 4 members (excludes halogenated alkanes) is 4. The van der Waals surface area contributed by atoms with Gasteiger partial charge in [0.15, 0.2) is 0 Å². The Labute approximate surface area is 189 Å². The van der Waals surface area contributed by atoms with Gasteiger partial charge in [-0.2, -0.15) is 0 Å². The lowest BCUT2D eigenvalue weighted by atomic mass is 9.69. The number of hydrogen-bond donors (Lipinski definition) is 0. The van der Waals surface area contributed by atoms with Crippen LogP contribution in [0.15, 0.2) is 71.8 Å². The third kappa shape index (κ3) is 6.79. The highest BCUT2D eigenvalue weighted by molar-refractivity contribution is 5.92. The highest BCUT2D eigenvalue weighted by Crippen LogP contribution is 2.41. The van der Waals surface area contributed by atoms with Gasteiger partial charge in [-0.3, -0.25) is 4.79 Å². The fourth-order valence-corrected chi connectivity index (χ4v) is 4.77. The minimum atomic E-state index is 0.0753. The molecule has 0 radical (unpaired) electrons. The van der Waals surface area contributed by atoms with Crippen molar-refractivity contribution in [2.45, 2.75) is 71.6 Å². The monoisotopic (exact) mass is 414 g/mol. The summed E-state index contributed by atoms with van der Waals surface area (Å²) >= 11 is 0. The molecule has 1 saturated carbocycles. The van der Waals surface area contributed by atoms with Crippen molar-refractivity contribution in [3.05, 3.63) is 82.9 Å². The second-order valence-electron chi connectivity index (χ2n) is 8.94. The average molecular weight is 415 g/mol. The first kappa shape index (κ1) is 23.3. The van der Waals surface area contributed by atoms with Crippen molar-refractivity contribution in [1.29, 1.82) is 0 Å². The van der Waals surface area contributed by atoms with E-state index in [1.165, 1.54) is 48.0 Å². The van der Waals surface area contributed by atoms with Gasteiger partial charge in [-0.15, -0.1) is 0 Å². The fraction of sp³-hybridized carbons (Fsp3) is 0.433. The molecule has 0 aliphatic heterocycles. The summed E-state index contributed by atoms with van der Waals surface area (Å²) in [6, 6.07) is 21.0. The smallest absolute Gasteiger partial charge is 0.147 e. The molecule has 1 heteroatoms. The van der Waals surface area contributed by atoms with Gasteiger partial charge in [0, 0.05) is 11.8 Å². The van der Waals surface area contributed by atoms with Crippen molar-refractivity contribution >= 4 is 17.9 Å². The van der Waals surface area contributed by atoms with Crippen LogP contribution < -0.4 is 0 Å². The van der Waals surface area contributed by atoms with Crippen LogP contribution >= 0.6 is 0 Å². The van der Waals surface area contributed by atoms with Crippen LogP contribution in [0.4, 0.5) is 0 Å². The third-order valence-corrected chi connectivity index (χ3v) is 6.49. The van der Waals surface area contributed by atoms with Crippen molar-refractivity contribution in [3.8, 4) is 0 Å². The molecule has 0 spiro atoms. The average Bonchev–Trinajstić information content (AvgIpc) is 2.79. The number of carbonyl (C=O) groups excluding carboxylic acids is 1. The normalized spacial score (nSPS) is 21.7. The minimum absolute atomic E-state index is 0.0753. The van der Waals surface area contributed by atoms with Crippen LogP contribution in [0.5, 0.6) is 0 Å². The molecule has 3 rings (SSSR count). The molecule has 0 heterocycles. The van der Waals surface area contributed by atoms with E-state index in [0.29, 0.717) is 5.78 Å². The SMILES string of the molecule is CCCCCC1C(=O)C(CCCCC)/C(=C/c2ccccc2)C/C1=C/c1ccccc1. The summed E-state index contributed by atoms with van der Waals surface area (Å²) in [5.74, 6) is 0.612. The Hall–Kier alpha value is -2.41. The van der Waals surface area contributed by atoms with E-state index < -0.39 is 0 Å². The molecule has 1 nitrogen and oxygen atoms in total. The lowest BCUT2D eigenvalue weighted by Gasteiger charge is -2.33. The first-order valence-electron chi connectivity index (χ1n) is 12.3. The fourth-order valence-electron chi connectivity index (χ4n) is 4.77. The summed E-state index contributed by atoms with van der Waals surface area (Å²) < 4.78 is 0. The van der Waals surface area contributed by atoms with Crippen LogP contribution in [-0.4, -0.2) is 5.78 Å². The van der Waals surface area contributed by atoms with E-state index in [0.717, 1.165) is 32.1 Å². The highest BCUT2D eigenvalue weighted by atomic mass is 16.1. The van der Waals surface area contributed by atoms with Gasteiger partial charge in [0.1, 0.15) is 5.78 Å². The van der Waals surface area contributed by atoms with Gasteiger partial charge in [-0.25, -0.2) is 0 Å². The van der Waals surface area contributed by atoms with Gasteiger partial charge in [0.05, 0.1) is 0 Å².